The van der Waals surface area contributed by atoms with Crippen molar-refractivity contribution in [3.8, 4) is 0 Å². The maximum Gasteiger partial charge on any atom is 0.320 e. The number of nitrogens with zero attached hydrogens (tertiary/aromatic N) is 3. The SMILES string of the molecule is NC(=O)N(Cc1cccc(F)c1)c1cn[nH]n1. The van der Waals surface area contributed by atoms with E-state index in [9.17, 15) is 9.18 Å². The summed E-state index contributed by atoms with van der Waals surface area (Å²) in [6.07, 6.45) is 1.37. The molecule has 7 heteroatoms. The minimum atomic E-state index is -0.678. The van der Waals surface area contributed by atoms with E-state index in [1.807, 2.05) is 0 Å². The Morgan fingerprint density at radius 3 is 2.94 bits per heavy atom. The summed E-state index contributed by atoms with van der Waals surface area (Å²) in [6, 6.07) is 5.24. The Bertz CT molecular complexity index is 513. The van der Waals surface area contributed by atoms with Crippen LogP contribution in [0.25, 0.3) is 0 Å². The lowest BCUT2D eigenvalue weighted by molar-refractivity contribution is 0.253. The van der Waals surface area contributed by atoms with Gasteiger partial charge in [0.15, 0.2) is 5.82 Å². The van der Waals surface area contributed by atoms with Crippen LogP contribution in [0.15, 0.2) is 30.5 Å². The number of primary amides is 1. The molecule has 0 radical (unpaired) electrons. The third-order valence-electron chi connectivity index (χ3n) is 2.17. The first-order valence-electron chi connectivity index (χ1n) is 4.84. The number of hydrogen-bond donors (Lipinski definition) is 2. The Hall–Kier alpha value is -2.44. The van der Waals surface area contributed by atoms with Crippen molar-refractivity contribution in [3.05, 3.63) is 41.8 Å². The number of urea groups is 1. The summed E-state index contributed by atoms with van der Waals surface area (Å²) in [5.74, 6) is -0.0752. The number of halogens is 1. The first-order valence-corrected chi connectivity index (χ1v) is 4.84. The molecule has 2 rings (SSSR count). The second kappa shape index (κ2) is 4.60. The molecule has 0 aliphatic carbocycles. The summed E-state index contributed by atoms with van der Waals surface area (Å²) < 4.78 is 13.0. The van der Waals surface area contributed by atoms with Crippen LogP contribution in [-0.2, 0) is 6.54 Å². The van der Waals surface area contributed by atoms with Gasteiger partial charge >= 0.3 is 6.03 Å². The van der Waals surface area contributed by atoms with Gasteiger partial charge in [-0.1, -0.05) is 12.1 Å². The fourth-order valence-electron chi connectivity index (χ4n) is 1.42. The molecular weight excluding hydrogens is 225 g/mol. The molecule has 88 valence electrons. The summed E-state index contributed by atoms with van der Waals surface area (Å²) in [6.45, 7) is 0.139. The third kappa shape index (κ3) is 2.57. The van der Waals surface area contributed by atoms with Crippen molar-refractivity contribution >= 4 is 11.8 Å². The van der Waals surface area contributed by atoms with Gasteiger partial charge in [0.05, 0.1) is 12.7 Å². The topological polar surface area (TPSA) is 87.9 Å². The van der Waals surface area contributed by atoms with E-state index in [0.717, 1.165) is 0 Å². The van der Waals surface area contributed by atoms with Crippen LogP contribution in [0, 0.1) is 5.82 Å². The van der Waals surface area contributed by atoms with Gasteiger partial charge in [-0.05, 0) is 17.7 Å². The lowest BCUT2D eigenvalue weighted by Crippen LogP contribution is -2.35. The lowest BCUT2D eigenvalue weighted by Gasteiger charge is -2.16. The van der Waals surface area contributed by atoms with E-state index in [0.29, 0.717) is 11.4 Å². The van der Waals surface area contributed by atoms with Crippen molar-refractivity contribution in [1.29, 1.82) is 0 Å². The summed E-state index contributed by atoms with van der Waals surface area (Å²) in [5, 5.41) is 9.72. The van der Waals surface area contributed by atoms with Gasteiger partial charge in [0.1, 0.15) is 5.82 Å². The molecular formula is C10H10FN5O. The molecule has 0 saturated heterocycles. The highest BCUT2D eigenvalue weighted by atomic mass is 19.1. The molecule has 6 nitrogen and oxygen atoms in total. The van der Waals surface area contributed by atoms with Crippen LogP contribution < -0.4 is 10.6 Å². The molecule has 0 saturated carbocycles. The van der Waals surface area contributed by atoms with E-state index in [2.05, 4.69) is 15.4 Å². The molecule has 2 aromatic rings. The average Bonchev–Trinajstić information content (AvgIpc) is 2.78. The maximum atomic E-state index is 13.0. The predicted octanol–water partition coefficient (Wildman–Crippen LogP) is 1.03. The summed E-state index contributed by atoms with van der Waals surface area (Å²) in [5.41, 5.74) is 5.84. The number of carbonyl (C=O) groups excluding carboxylic acids is 1. The number of amides is 2. The number of aromatic amines is 1. The summed E-state index contributed by atoms with van der Waals surface area (Å²) >= 11 is 0. The van der Waals surface area contributed by atoms with E-state index >= 15 is 0 Å². The number of nitrogens with two attached hydrogens (primary N) is 1. The highest BCUT2D eigenvalue weighted by Gasteiger charge is 2.15. The molecule has 0 atom stereocenters. The monoisotopic (exact) mass is 235 g/mol. The molecule has 17 heavy (non-hydrogen) atoms. The van der Waals surface area contributed by atoms with E-state index in [4.69, 9.17) is 5.73 Å². The second-order valence-electron chi connectivity index (χ2n) is 3.38. The zero-order valence-corrected chi connectivity index (χ0v) is 8.80. The maximum absolute atomic E-state index is 13.0. The van der Waals surface area contributed by atoms with Crippen LogP contribution in [0.1, 0.15) is 5.56 Å². The van der Waals surface area contributed by atoms with Gasteiger partial charge in [0.2, 0.25) is 0 Å². The molecule has 0 fully saturated rings. The Kier molecular flexibility index (Phi) is 2.99. The van der Waals surface area contributed by atoms with Crippen molar-refractivity contribution < 1.29 is 9.18 Å². The van der Waals surface area contributed by atoms with E-state index in [1.165, 1.54) is 23.2 Å². The van der Waals surface area contributed by atoms with E-state index < -0.39 is 6.03 Å². The normalized spacial score (nSPS) is 10.2. The molecule has 0 aliphatic rings. The number of carbonyl (C=O) groups is 1. The van der Waals surface area contributed by atoms with Gasteiger partial charge in [0, 0.05) is 0 Å². The van der Waals surface area contributed by atoms with Crippen LogP contribution in [0.2, 0.25) is 0 Å². The molecule has 2 amide bonds. The zero-order valence-electron chi connectivity index (χ0n) is 8.80. The summed E-state index contributed by atoms with van der Waals surface area (Å²) in [4.78, 5) is 12.5. The molecule has 3 N–H and O–H groups in total. The molecule has 0 unspecified atom stereocenters. The minimum absolute atomic E-state index is 0.139. The van der Waals surface area contributed by atoms with Gasteiger partial charge in [0.25, 0.3) is 0 Å². The molecule has 0 spiro atoms. The van der Waals surface area contributed by atoms with Crippen LogP contribution >= 0.6 is 0 Å². The van der Waals surface area contributed by atoms with Crippen LogP contribution in [0.4, 0.5) is 15.0 Å². The van der Waals surface area contributed by atoms with Crippen molar-refractivity contribution in [2.45, 2.75) is 6.54 Å². The number of H-pyrrole nitrogens is 1. The van der Waals surface area contributed by atoms with Gasteiger partial charge in [-0.25, -0.2) is 9.18 Å². The number of rotatable bonds is 3. The van der Waals surface area contributed by atoms with E-state index in [-0.39, 0.29) is 12.4 Å². The van der Waals surface area contributed by atoms with Crippen molar-refractivity contribution in [2.24, 2.45) is 5.73 Å². The van der Waals surface area contributed by atoms with Gasteiger partial charge in [-0.3, -0.25) is 4.90 Å². The van der Waals surface area contributed by atoms with Crippen LogP contribution in [0.3, 0.4) is 0 Å². The molecule has 0 bridgehead atoms. The Balaban J connectivity index is 2.22. The number of benzene rings is 1. The Morgan fingerprint density at radius 2 is 2.35 bits per heavy atom. The Labute approximate surface area is 96.2 Å². The standard InChI is InChI=1S/C10H10FN5O/c11-8-3-1-2-7(4-8)6-16(10(12)17)9-5-13-15-14-9/h1-5H,6H2,(H2,12,17)(H,13,14,15). The highest BCUT2D eigenvalue weighted by molar-refractivity contribution is 5.89. The van der Waals surface area contributed by atoms with Crippen molar-refractivity contribution in [3.63, 3.8) is 0 Å². The smallest absolute Gasteiger partial charge is 0.320 e. The second-order valence-corrected chi connectivity index (χ2v) is 3.38. The van der Waals surface area contributed by atoms with Gasteiger partial charge in [-0.15, -0.1) is 5.10 Å². The highest BCUT2D eigenvalue weighted by Crippen LogP contribution is 2.13. The quantitative estimate of drug-likeness (QED) is 0.832. The third-order valence-corrected chi connectivity index (χ3v) is 2.17. The zero-order chi connectivity index (χ0) is 12.3. The van der Waals surface area contributed by atoms with Crippen molar-refractivity contribution in [1.82, 2.24) is 15.4 Å². The number of aromatic nitrogens is 3. The van der Waals surface area contributed by atoms with Gasteiger partial charge < -0.3 is 5.73 Å². The number of nitrogens with one attached hydrogen (secondary N) is 1. The number of anilines is 1. The summed E-state index contributed by atoms with van der Waals surface area (Å²) in [7, 11) is 0. The molecule has 1 aromatic heterocycles. The first-order chi connectivity index (χ1) is 8.16. The minimum Gasteiger partial charge on any atom is -0.351 e. The Morgan fingerprint density at radius 1 is 1.53 bits per heavy atom. The number of hydrogen-bond acceptors (Lipinski definition) is 3. The molecule has 1 aromatic carbocycles. The largest absolute Gasteiger partial charge is 0.351 e. The fraction of sp³-hybridized carbons (Fsp3) is 0.100. The van der Waals surface area contributed by atoms with Crippen LogP contribution in [0.5, 0.6) is 0 Å². The fourth-order valence-corrected chi connectivity index (χ4v) is 1.42. The predicted molar refractivity (Wildman–Crippen MR) is 58.5 cm³/mol. The van der Waals surface area contributed by atoms with E-state index in [1.54, 1.807) is 12.1 Å². The lowest BCUT2D eigenvalue weighted by atomic mass is 10.2. The van der Waals surface area contributed by atoms with Crippen molar-refractivity contribution in [2.75, 3.05) is 4.90 Å². The average molecular weight is 235 g/mol. The van der Waals surface area contributed by atoms with Gasteiger partial charge in [-0.2, -0.15) is 10.3 Å². The molecule has 0 aliphatic heterocycles. The first kappa shape index (κ1) is 11.1. The molecule has 1 heterocycles. The van der Waals surface area contributed by atoms with Crippen LogP contribution in [-0.4, -0.2) is 21.4 Å².